The molecule has 0 aromatic heterocycles. The van der Waals surface area contributed by atoms with Crippen LogP contribution in [-0.4, -0.2) is 0 Å². The smallest absolute Gasteiger partial charge is 0 e. The van der Waals surface area contributed by atoms with E-state index in [-0.39, 0.29) is 1.43 Å². The molecule has 0 aromatic rings. The molecular weight excluding hydrogens is 204 g/mol. The molecule has 3 aliphatic rings. The molecule has 3 rings (SSSR count). The number of rotatable bonds is 1. The first-order valence-corrected chi connectivity index (χ1v) is 8.43. The minimum Gasteiger partial charge on any atom is -0.0683 e. The van der Waals surface area contributed by atoms with E-state index in [2.05, 4.69) is 0 Å². The van der Waals surface area contributed by atoms with Crippen molar-refractivity contribution in [1.82, 2.24) is 0 Å². The van der Waals surface area contributed by atoms with Crippen LogP contribution in [0.5, 0.6) is 0 Å². The maximum absolute atomic E-state index is 2.00. The summed E-state index contributed by atoms with van der Waals surface area (Å²) in [7, 11) is 0. The summed E-state index contributed by atoms with van der Waals surface area (Å²) in [6.07, 6.45) is 14.2. The summed E-state index contributed by atoms with van der Waals surface area (Å²) in [5, 5.41) is 0. The fraction of sp³-hybridized carbons (Fsp3) is 1.00. The van der Waals surface area contributed by atoms with E-state index in [1.807, 2.05) is 27.7 Å². The van der Waals surface area contributed by atoms with Crippen LogP contribution in [-0.2, 0) is 0 Å². The van der Waals surface area contributed by atoms with Gasteiger partial charge in [0.15, 0.2) is 0 Å². The Balaban J connectivity index is 0.000000531. The summed E-state index contributed by atoms with van der Waals surface area (Å²) in [5.74, 6) is 4.67. The van der Waals surface area contributed by atoms with Gasteiger partial charge in [-0.05, 0) is 42.9 Å². The van der Waals surface area contributed by atoms with Crippen LogP contribution in [0.25, 0.3) is 0 Å². The lowest BCUT2D eigenvalue weighted by Gasteiger charge is -2.33. The van der Waals surface area contributed by atoms with Crippen molar-refractivity contribution in [3.63, 3.8) is 0 Å². The third-order valence-corrected chi connectivity index (χ3v) is 5.05. The summed E-state index contributed by atoms with van der Waals surface area (Å²) in [4.78, 5) is 0. The first-order valence-electron chi connectivity index (χ1n) is 8.43. The van der Waals surface area contributed by atoms with E-state index in [1.54, 1.807) is 51.4 Å². The molecule has 3 atom stereocenters. The van der Waals surface area contributed by atoms with Gasteiger partial charge in [-0.25, -0.2) is 0 Å². The SMILES string of the molecule is C1CCC(C2CC3CCC2C3)CC1.CC.CC.[HH]. The Morgan fingerprint density at radius 3 is 1.76 bits per heavy atom. The summed E-state index contributed by atoms with van der Waals surface area (Å²) >= 11 is 0. The Morgan fingerprint density at radius 1 is 0.647 bits per heavy atom. The molecule has 104 valence electrons. The molecule has 3 unspecified atom stereocenters. The van der Waals surface area contributed by atoms with Gasteiger partial charge in [0.1, 0.15) is 0 Å². The van der Waals surface area contributed by atoms with Crippen molar-refractivity contribution in [2.24, 2.45) is 23.7 Å². The van der Waals surface area contributed by atoms with Crippen LogP contribution in [0.1, 0.15) is 86.9 Å². The van der Waals surface area contributed by atoms with Crippen LogP contribution < -0.4 is 0 Å². The zero-order valence-electron chi connectivity index (χ0n) is 12.7. The third kappa shape index (κ3) is 3.73. The van der Waals surface area contributed by atoms with E-state index in [0.29, 0.717) is 0 Å². The molecule has 0 nitrogen and oxygen atoms in total. The fourth-order valence-corrected chi connectivity index (χ4v) is 4.43. The summed E-state index contributed by atoms with van der Waals surface area (Å²) in [5.41, 5.74) is 0. The topological polar surface area (TPSA) is 0 Å². The van der Waals surface area contributed by atoms with Crippen molar-refractivity contribution in [1.29, 1.82) is 0 Å². The molecule has 0 saturated heterocycles. The Bertz CT molecular complexity index is 184. The van der Waals surface area contributed by atoms with Gasteiger partial charge in [-0.2, -0.15) is 0 Å². The van der Waals surface area contributed by atoms with Crippen molar-refractivity contribution in [3.05, 3.63) is 0 Å². The van der Waals surface area contributed by atoms with Gasteiger partial charge in [0.05, 0.1) is 0 Å². The van der Waals surface area contributed by atoms with E-state index in [1.165, 1.54) is 18.3 Å². The van der Waals surface area contributed by atoms with Crippen LogP contribution >= 0.6 is 0 Å². The molecule has 3 fully saturated rings. The lowest BCUT2D eigenvalue weighted by molar-refractivity contribution is 0.179. The predicted octanol–water partition coefficient (Wildman–Crippen LogP) is 6.30. The highest BCUT2D eigenvalue weighted by atomic mass is 14.5. The molecule has 0 aliphatic heterocycles. The second-order valence-corrected chi connectivity index (χ2v) is 5.74. The van der Waals surface area contributed by atoms with Crippen molar-refractivity contribution in [2.75, 3.05) is 0 Å². The van der Waals surface area contributed by atoms with Gasteiger partial charge < -0.3 is 0 Å². The van der Waals surface area contributed by atoms with Gasteiger partial charge in [-0.1, -0.05) is 66.2 Å². The van der Waals surface area contributed by atoms with Gasteiger partial charge in [0, 0.05) is 1.43 Å². The standard InChI is InChI=1S/C13H22.2C2H6.H2/c1-2-4-11(5-3-1)13-9-10-6-7-12(13)8-10;2*1-2;/h10-13H,1-9H2;2*1-2H3;1H. The third-order valence-electron chi connectivity index (χ3n) is 5.05. The summed E-state index contributed by atoms with van der Waals surface area (Å²) < 4.78 is 0. The zero-order chi connectivity index (χ0) is 12.7. The molecule has 0 heteroatoms. The average molecular weight is 240 g/mol. The second-order valence-electron chi connectivity index (χ2n) is 5.74. The van der Waals surface area contributed by atoms with Crippen LogP contribution in [0.4, 0.5) is 0 Å². The summed E-state index contributed by atoms with van der Waals surface area (Å²) in [6, 6.07) is 0. The second kappa shape index (κ2) is 8.16. The number of hydrogen-bond acceptors (Lipinski definition) is 0. The summed E-state index contributed by atoms with van der Waals surface area (Å²) in [6.45, 7) is 8.00. The van der Waals surface area contributed by atoms with Gasteiger partial charge in [0.2, 0.25) is 0 Å². The largest absolute Gasteiger partial charge is 0.0683 e. The van der Waals surface area contributed by atoms with Crippen molar-refractivity contribution in [2.45, 2.75) is 85.5 Å². The lowest BCUT2D eigenvalue weighted by atomic mass is 9.73. The van der Waals surface area contributed by atoms with Gasteiger partial charge >= 0.3 is 0 Å². The van der Waals surface area contributed by atoms with E-state index in [9.17, 15) is 0 Å². The minimum atomic E-state index is 0. The van der Waals surface area contributed by atoms with E-state index >= 15 is 0 Å². The normalized spacial score (nSPS) is 35.6. The van der Waals surface area contributed by atoms with E-state index in [4.69, 9.17) is 0 Å². The van der Waals surface area contributed by atoms with Gasteiger partial charge in [0.25, 0.3) is 0 Å². The molecule has 0 amide bonds. The fourth-order valence-electron chi connectivity index (χ4n) is 4.43. The molecule has 0 radical (unpaired) electrons. The van der Waals surface area contributed by atoms with Crippen molar-refractivity contribution in [3.8, 4) is 0 Å². The molecule has 0 aromatic carbocycles. The average Bonchev–Trinajstić information content (AvgIpc) is 3.07. The lowest BCUT2D eigenvalue weighted by Crippen LogP contribution is -2.22. The molecule has 3 aliphatic carbocycles. The van der Waals surface area contributed by atoms with Gasteiger partial charge in [-0.15, -0.1) is 0 Å². The molecule has 0 spiro atoms. The predicted molar refractivity (Wildman–Crippen MR) is 80.3 cm³/mol. The Kier molecular flexibility index (Phi) is 7.23. The molecular formula is C17H36. The van der Waals surface area contributed by atoms with Crippen molar-refractivity contribution >= 4 is 0 Å². The highest BCUT2D eigenvalue weighted by molar-refractivity contribution is 4.93. The molecule has 0 heterocycles. The maximum Gasteiger partial charge on any atom is 0 e. The number of hydrogen-bond donors (Lipinski definition) is 0. The zero-order valence-corrected chi connectivity index (χ0v) is 12.7. The van der Waals surface area contributed by atoms with E-state index < -0.39 is 0 Å². The van der Waals surface area contributed by atoms with Crippen LogP contribution in [0.3, 0.4) is 0 Å². The molecule has 3 saturated carbocycles. The first kappa shape index (κ1) is 15.1. The van der Waals surface area contributed by atoms with Crippen LogP contribution in [0.15, 0.2) is 0 Å². The van der Waals surface area contributed by atoms with E-state index in [0.717, 1.165) is 11.8 Å². The van der Waals surface area contributed by atoms with Gasteiger partial charge in [-0.3, -0.25) is 0 Å². The molecule has 2 bridgehead atoms. The first-order chi connectivity index (χ1) is 8.43. The maximum atomic E-state index is 2.00. The Morgan fingerprint density at radius 2 is 1.29 bits per heavy atom. The highest BCUT2D eigenvalue weighted by Gasteiger charge is 2.42. The molecule has 17 heavy (non-hydrogen) atoms. The minimum absolute atomic E-state index is 0. The monoisotopic (exact) mass is 240 g/mol. The van der Waals surface area contributed by atoms with Crippen LogP contribution in [0.2, 0.25) is 0 Å². The Hall–Kier alpha value is 0. The molecule has 0 N–H and O–H groups in total. The van der Waals surface area contributed by atoms with Crippen molar-refractivity contribution < 1.29 is 1.43 Å². The Labute approximate surface area is 111 Å². The van der Waals surface area contributed by atoms with Crippen LogP contribution in [0, 0.1) is 23.7 Å². The number of fused-ring (bicyclic) bond motifs is 2. The quantitative estimate of drug-likeness (QED) is 0.504. The highest BCUT2D eigenvalue weighted by Crippen LogP contribution is 2.53.